The Morgan fingerprint density at radius 3 is 2.46 bits per heavy atom. The molecule has 2 aromatic rings. The first kappa shape index (κ1) is 17.9. The molecule has 0 radical (unpaired) electrons. The average Bonchev–Trinajstić information content (AvgIpc) is 2.52. The maximum absolute atomic E-state index is 12.8. The molecule has 2 rings (SSSR count). The van der Waals surface area contributed by atoms with Gasteiger partial charge in [0, 0.05) is 37.6 Å². The number of pyridine rings is 1. The number of hydrogen-bond acceptors (Lipinski definition) is 3. The van der Waals surface area contributed by atoms with E-state index in [-0.39, 0.29) is 16.0 Å². The fourth-order valence-electron chi connectivity index (χ4n) is 1.89. The van der Waals surface area contributed by atoms with Crippen LogP contribution in [0.4, 0.5) is 13.2 Å². The van der Waals surface area contributed by atoms with E-state index in [4.69, 9.17) is 0 Å². The van der Waals surface area contributed by atoms with Gasteiger partial charge in [0.25, 0.3) is 10.0 Å². The van der Waals surface area contributed by atoms with Crippen molar-refractivity contribution < 1.29 is 21.6 Å². The molecule has 0 amide bonds. The SMILES string of the molecule is CN(C)C=NS(=O)(=O)c1ccccc1-c1cncc(C(F)(F)F)c1. The van der Waals surface area contributed by atoms with E-state index in [2.05, 4.69) is 9.38 Å². The minimum absolute atomic E-state index is 0.0454. The van der Waals surface area contributed by atoms with Crippen molar-refractivity contribution in [1.82, 2.24) is 9.88 Å². The lowest BCUT2D eigenvalue weighted by atomic mass is 10.1. The summed E-state index contributed by atoms with van der Waals surface area (Å²) < 4.78 is 66.7. The lowest BCUT2D eigenvalue weighted by molar-refractivity contribution is -0.137. The van der Waals surface area contributed by atoms with Crippen LogP contribution >= 0.6 is 0 Å². The molecule has 0 bridgehead atoms. The normalized spacial score (nSPS) is 12.5. The molecule has 0 unspecified atom stereocenters. The Morgan fingerprint density at radius 2 is 1.83 bits per heavy atom. The standard InChI is InChI=1S/C15H14F3N3O2S/c1-21(2)10-20-24(22,23)14-6-4-3-5-13(14)11-7-12(9-19-8-11)15(16,17)18/h3-10H,1-2H3. The Bertz CT molecular complexity index is 862. The molecule has 0 saturated heterocycles. The van der Waals surface area contributed by atoms with Gasteiger partial charge >= 0.3 is 6.18 Å². The molecule has 1 aromatic heterocycles. The zero-order valence-electron chi connectivity index (χ0n) is 12.8. The number of benzene rings is 1. The van der Waals surface area contributed by atoms with Gasteiger partial charge in [-0.15, -0.1) is 4.40 Å². The molecule has 9 heteroatoms. The zero-order valence-corrected chi connectivity index (χ0v) is 13.6. The molecule has 0 aliphatic carbocycles. The van der Waals surface area contributed by atoms with Crippen LogP contribution in [0.2, 0.25) is 0 Å². The van der Waals surface area contributed by atoms with Crippen LogP contribution in [0.3, 0.4) is 0 Å². The van der Waals surface area contributed by atoms with Crippen LogP contribution in [0, 0.1) is 0 Å². The van der Waals surface area contributed by atoms with Crippen LogP contribution in [-0.4, -0.2) is 38.7 Å². The Kier molecular flexibility index (Phi) is 4.93. The average molecular weight is 357 g/mol. The van der Waals surface area contributed by atoms with Crippen molar-refractivity contribution >= 4 is 16.4 Å². The second-order valence-electron chi connectivity index (χ2n) is 5.12. The summed E-state index contributed by atoms with van der Waals surface area (Å²) in [6.45, 7) is 0. The van der Waals surface area contributed by atoms with Gasteiger partial charge in [-0.25, -0.2) is 0 Å². The van der Waals surface area contributed by atoms with Crippen LogP contribution in [0.15, 0.2) is 52.0 Å². The topological polar surface area (TPSA) is 62.6 Å². The Balaban J connectivity index is 2.59. The second-order valence-corrected chi connectivity index (χ2v) is 6.72. The molecule has 1 aromatic carbocycles. The maximum Gasteiger partial charge on any atom is 0.417 e. The molecular weight excluding hydrogens is 343 g/mol. The number of hydrogen-bond donors (Lipinski definition) is 0. The van der Waals surface area contributed by atoms with Crippen LogP contribution in [0.25, 0.3) is 11.1 Å². The summed E-state index contributed by atoms with van der Waals surface area (Å²) in [6.07, 6.45) is -1.60. The summed E-state index contributed by atoms with van der Waals surface area (Å²) in [6, 6.07) is 6.57. The molecule has 1 heterocycles. The van der Waals surface area contributed by atoms with Gasteiger partial charge in [0.15, 0.2) is 0 Å². The maximum atomic E-state index is 12.8. The molecule has 24 heavy (non-hydrogen) atoms. The molecule has 0 atom stereocenters. The van der Waals surface area contributed by atoms with Gasteiger partial charge in [0.2, 0.25) is 0 Å². The molecule has 0 aliphatic rings. The van der Waals surface area contributed by atoms with Gasteiger partial charge in [-0.1, -0.05) is 18.2 Å². The summed E-state index contributed by atoms with van der Waals surface area (Å²) in [5, 5.41) is 0. The first-order valence-electron chi connectivity index (χ1n) is 6.70. The molecular formula is C15H14F3N3O2S. The third kappa shape index (κ3) is 4.10. The van der Waals surface area contributed by atoms with Crippen molar-refractivity contribution in [3.05, 3.63) is 48.3 Å². The number of rotatable bonds is 4. The third-order valence-corrected chi connectivity index (χ3v) is 4.24. The van der Waals surface area contributed by atoms with E-state index in [0.717, 1.165) is 12.4 Å². The summed E-state index contributed by atoms with van der Waals surface area (Å²) >= 11 is 0. The van der Waals surface area contributed by atoms with E-state index in [1.54, 1.807) is 14.1 Å². The number of sulfonamides is 1. The van der Waals surface area contributed by atoms with Crippen molar-refractivity contribution in [3.63, 3.8) is 0 Å². The van der Waals surface area contributed by atoms with E-state index in [1.165, 1.54) is 35.4 Å². The van der Waals surface area contributed by atoms with Gasteiger partial charge in [-0.2, -0.15) is 21.6 Å². The van der Waals surface area contributed by atoms with Gasteiger partial charge in [0.05, 0.1) is 10.5 Å². The summed E-state index contributed by atoms with van der Waals surface area (Å²) in [7, 11) is -0.866. The lowest BCUT2D eigenvalue weighted by Gasteiger charge is -2.11. The highest BCUT2D eigenvalue weighted by Crippen LogP contribution is 2.33. The monoisotopic (exact) mass is 357 g/mol. The Labute approximate surface area is 137 Å². The quantitative estimate of drug-likeness (QED) is 0.623. The van der Waals surface area contributed by atoms with Gasteiger partial charge in [0.1, 0.15) is 6.34 Å². The molecule has 0 N–H and O–H groups in total. The number of alkyl halides is 3. The third-order valence-electron chi connectivity index (χ3n) is 2.96. The van der Waals surface area contributed by atoms with Gasteiger partial charge in [-0.05, 0) is 12.1 Å². The van der Waals surface area contributed by atoms with E-state index in [1.807, 2.05) is 0 Å². The highest BCUT2D eigenvalue weighted by Gasteiger charge is 2.31. The minimum atomic E-state index is -4.57. The fourth-order valence-corrected chi connectivity index (χ4v) is 3.03. The number of aromatic nitrogens is 1. The van der Waals surface area contributed by atoms with Crippen molar-refractivity contribution in [1.29, 1.82) is 0 Å². The minimum Gasteiger partial charge on any atom is -0.368 e. The van der Waals surface area contributed by atoms with Crippen molar-refractivity contribution in [3.8, 4) is 11.1 Å². The smallest absolute Gasteiger partial charge is 0.368 e. The molecule has 128 valence electrons. The molecule has 0 spiro atoms. The van der Waals surface area contributed by atoms with Gasteiger partial charge < -0.3 is 4.90 Å². The molecule has 5 nitrogen and oxygen atoms in total. The lowest BCUT2D eigenvalue weighted by Crippen LogP contribution is -2.10. The zero-order chi connectivity index (χ0) is 18.0. The predicted octanol–water partition coefficient (Wildman–Crippen LogP) is 3.05. The first-order chi connectivity index (χ1) is 11.1. The molecule has 0 saturated carbocycles. The second kappa shape index (κ2) is 6.60. The van der Waals surface area contributed by atoms with Crippen LogP contribution in [-0.2, 0) is 16.2 Å². The van der Waals surface area contributed by atoms with E-state index in [9.17, 15) is 21.6 Å². The largest absolute Gasteiger partial charge is 0.417 e. The summed E-state index contributed by atoms with van der Waals surface area (Å²) in [5.74, 6) is 0. The number of nitrogens with zero attached hydrogens (tertiary/aromatic N) is 3. The Morgan fingerprint density at radius 1 is 1.17 bits per heavy atom. The van der Waals surface area contributed by atoms with E-state index >= 15 is 0 Å². The van der Waals surface area contributed by atoms with E-state index in [0.29, 0.717) is 6.20 Å². The van der Waals surface area contributed by atoms with Crippen molar-refractivity contribution in [2.45, 2.75) is 11.1 Å². The fraction of sp³-hybridized carbons (Fsp3) is 0.200. The first-order valence-corrected chi connectivity index (χ1v) is 8.14. The van der Waals surface area contributed by atoms with Crippen LogP contribution in [0.5, 0.6) is 0 Å². The van der Waals surface area contributed by atoms with Crippen LogP contribution in [0.1, 0.15) is 5.56 Å². The summed E-state index contributed by atoms with van der Waals surface area (Å²) in [4.78, 5) is 4.81. The summed E-state index contributed by atoms with van der Waals surface area (Å²) in [5.41, 5.74) is -0.806. The van der Waals surface area contributed by atoms with Crippen molar-refractivity contribution in [2.24, 2.45) is 4.40 Å². The van der Waals surface area contributed by atoms with E-state index < -0.39 is 21.8 Å². The van der Waals surface area contributed by atoms with Gasteiger partial charge in [-0.3, -0.25) is 4.98 Å². The molecule has 0 aliphatic heterocycles. The number of halogens is 3. The predicted molar refractivity (Wildman–Crippen MR) is 84.0 cm³/mol. The highest BCUT2D eigenvalue weighted by molar-refractivity contribution is 7.90. The molecule has 0 fully saturated rings. The Hall–Kier alpha value is -2.42. The van der Waals surface area contributed by atoms with Crippen LogP contribution < -0.4 is 0 Å². The van der Waals surface area contributed by atoms with Crippen molar-refractivity contribution in [2.75, 3.05) is 14.1 Å². The highest BCUT2D eigenvalue weighted by atomic mass is 32.2.